The highest BCUT2D eigenvalue weighted by Crippen LogP contribution is 2.21. The van der Waals surface area contributed by atoms with E-state index in [-0.39, 0.29) is 0 Å². The van der Waals surface area contributed by atoms with Crippen LogP contribution in [0.2, 0.25) is 0 Å². The average Bonchev–Trinajstić information content (AvgIpc) is 2.74. The minimum atomic E-state index is 0.429. The summed E-state index contributed by atoms with van der Waals surface area (Å²) in [7, 11) is 0. The summed E-state index contributed by atoms with van der Waals surface area (Å²) in [6.45, 7) is 7.11. The SMILES string of the molecule is CCOC1CCCN(CCCCOc2ccccc2/C=C/c2ccccc2)C1. The van der Waals surface area contributed by atoms with Crippen LogP contribution in [0.15, 0.2) is 54.6 Å². The first-order valence-electron chi connectivity index (χ1n) is 10.6. The third-order valence-corrected chi connectivity index (χ3v) is 5.16. The topological polar surface area (TPSA) is 21.7 Å². The molecular weight excluding hydrogens is 346 g/mol. The van der Waals surface area contributed by atoms with Crippen molar-refractivity contribution in [2.24, 2.45) is 0 Å². The molecule has 3 rings (SSSR count). The van der Waals surface area contributed by atoms with E-state index in [1.54, 1.807) is 0 Å². The fraction of sp³-hybridized carbons (Fsp3) is 0.440. The zero-order valence-corrected chi connectivity index (χ0v) is 17.1. The number of unbranched alkanes of at least 4 members (excludes halogenated alkanes) is 1. The summed E-state index contributed by atoms with van der Waals surface area (Å²) in [5.41, 5.74) is 2.33. The van der Waals surface area contributed by atoms with E-state index in [1.165, 1.54) is 31.4 Å². The van der Waals surface area contributed by atoms with Gasteiger partial charge in [-0.3, -0.25) is 0 Å². The summed E-state index contributed by atoms with van der Waals surface area (Å²) in [6, 6.07) is 18.6. The molecule has 1 unspecified atom stereocenters. The van der Waals surface area contributed by atoms with E-state index in [0.717, 1.165) is 44.0 Å². The lowest BCUT2D eigenvalue weighted by Gasteiger charge is -2.32. The maximum atomic E-state index is 6.08. The van der Waals surface area contributed by atoms with Crippen LogP contribution in [0.4, 0.5) is 0 Å². The van der Waals surface area contributed by atoms with E-state index in [1.807, 2.05) is 12.1 Å². The molecule has 0 aliphatic carbocycles. The van der Waals surface area contributed by atoms with Crippen molar-refractivity contribution in [3.63, 3.8) is 0 Å². The van der Waals surface area contributed by atoms with Crippen molar-refractivity contribution in [1.29, 1.82) is 0 Å². The minimum absolute atomic E-state index is 0.429. The number of nitrogens with zero attached hydrogens (tertiary/aromatic N) is 1. The van der Waals surface area contributed by atoms with E-state index in [0.29, 0.717) is 6.10 Å². The molecule has 0 radical (unpaired) electrons. The molecule has 1 aliphatic rings. The zero-order valence-electron chi connectivity index (χ0n) is 17.1. The van der Waals surface area contributed by atoms with Crippen molar-refractivity contribution >= 4 is 12.2 Å². The number of para-hydroxylation sites is 1. The molecule has 0 bridgehead atoms. The van der Waals surface area contributed by atoms with Crippen LogP contribution in [0.25, 0.3) is 12.2 Å². The lowest BCUT2D eigenvalue weighted by atomic mass is 10.1. The van der Waals surface area contributed by atoms with Crippen molar-refractivity contribution in [3.8, 4) is 5.75 Å². The van der Waals surface area contributed by atoms with Crippen molar-refractivity contribution in [2.45, 2.75) is 38.7 Å². The Morgan fingerprint density at radius 2 is 1.82 bits per heavy atom. The zero-order chi connectivity index (χ0) is 19.4. The second kappa shape index (κ2) is 11.7. The lowest BCUT2D eigenvalue weighted by Crippen LogP contribution is -2.40. The van der Waals surface area contributed by atoms with Gasteiger partial charge in [-0.25, -0.2) is 0 Å². The van der Waals surface area contributed by atoms with Gasteiger partial charge in [0.15, 0.2) is 0 Å². The third kappa shape index (κ3) is 6.81. The van der Waals surface area contributed by atoms with Gasteiger partial charge in [-0.2, -0.15) is 0 Å². The predicted octanol–water partition coefficient (Wildman–Crippen LogP) is 5.52. The summed E-state index contributed by atoms with van der Waals surface area (Å²) in [4.78, 5) is 2.54. The van der Waals surface area contributed by atoms with Crippen LogP contribution in [0.5, 0.6) is 5.75 Å². The molecule has 0 N–H and O–H groups in total. The van der Waals surface area contributed by atoms with Gasteiger partial charge in [0.25, 0.3) is 0 Å². The molecule has 1 saturated heterocycles. The predicted molar refractivity (Wildman–Crippen MR) is 118 cm³/mol. The van der Waals surface area contributed by atoms with E-state index >= 15 is 0 Å². The molecule has 0 amide bonds. The van der Waals surface area contributed by atoms with Crippen LogP contribution in [-0.4, -0.2) is 43.9 Å². The van der Waals surface area contributed by atoms with Crippen molar-refractivity contribution in [2.75, 3.05) is 32.8 Å². The van der Waals surface area contributed by atoms with Crippen LogP contribution >= 0.6 is 0 Å². The van der Waals surface area contributed by atoms with Crippen LogP contribution < -0.4 is 4.74 Å². The van der Waals surface area contributed by atoms with Gasteiger partial charge in [-0.05, 0) is 57.3 Å². The molecule has 1 heterocycles. The van der Waals surface area contributed by atoms with Crippen LogP contribution in [0, 0.1) is 0 Å². The van der Waals surface area contributed by atoms with Gasteiger partial charge in [-0.1, -0.05) is 60.7 Å². The lowest BCUT2D eigenvalue weighted by molar-refractivity contribution is 0.00542. The van der Waals surface area contributed by atoms with Crippen LogP contribution in [0.1, 0.15) is 43.7 Å². The van der Waals surface area contributed by atoms with Gasteiger partial charge in [0.2, 0.25) is 0 Å². The Hall–Kier alpha value is -2.10. The number of rotatable bonds is 10. The Bertz CT molecular complexity index is 711. The van der Waals surface area contributed by atoms with E-state index in [2.05, 4.69) is 66.4 Å². The fourth-order valence-electron chi connectivity index (χ4n) is 3.71. The van der Waals surface area contributed by atoms with Crippen molar-refractivity contribution in [1.82, 2.24) is 4.90 Å². The van der Waals surface area contributed by atoms with Crippen LogP contribution in [-0.2, 0) is 4.74 Å². The molecule has 3 nitrogen and oxygen atoms in total. The summed E-state index contributed by atoms with van der Waals surface area (Å²) in [5.74, 6) is 0.962. The van der Waals surface area contributed by atoms with Crippen molar-refractivity contribution < 1.29 is 9.47 Å². The number of likely N-dealkylation sites (tertiary alicyclic amines) is 1. The second-order valence-electron chi connectivity index (χ2n) is 7.36. The second-order valence-corrected chi connectivity index (χ2v) is 7.36. The standard InChI is InChI=1S/C25H33NO2/c1-2-27-24-14-10-19-26(21-24)18-8-9-20-28-25-15-7-6-13-23(25)17-16-22-11-4-3-5-12-22/h3-7,11-13,15-17,24H,2,8-10,14,18-21H2,1H3/b17-16+. The number of piperidine rings is 1. The third-order valence-electron chi connectivity index (χ3n) is 5.16. The van der Waals surface area contributed by atoms with E-state index in [4.69, 9.17) is 9.47 Å². The molecule has 0 spiro atoms. The molecule has 150 valence electrons. The number of hydrogen-bond acceptors (Lipinski definition) is 3. The first kappa shape index (κ1) is 20.6. The Morgan fingerprint density at radius 3 is 2.68 bits per heavy atom. The highest BCUT2D eigenvalue weighted by atomic mass is 16.5. The summed E-state index contributed by atoms with van der Waals surface area (Å²) in [5, 5.41) is 0. The fourth-order valence-corrected chi connectivity index (χ4v) is 3.71. The Balaban J connectivity index is 1.41. The molecule has 0 aromatic heterocycles. The molecule has 0 saturated carbocycles. The molecule has 1 aliphatic heterocycles. The quantitative estimate of drug-likeness (QED) is 0.401. The summed E-state index contributed by atoms with van der Waals surface area (Å²) >= 11 is 0. The van der Waals surface area contributed by atoms with Gasteiger partial charge in [0.1, 0.15) is 5.75 Å². The normalized spacial score (nSPS) is 17.8. The average molecular weight is 380 g/mol. The first-order valence-corrected chi connectivity index (χ1v) is 10.6. The minimum Gasteiger partial charge on any atom is -0.493 e. The summed E-state index contributed by atoms with van der Waals surface area (Å²) in [6.07, 6.45) is 9.40. The van der Waals surface area contributed by atoms with Gasteiger partial charge in [0, 0.05) is 18.7 Å². The largest absolute Gasteiger partial charge is 0.493 e. The van der Waals surface area contributed by atoms with Gasteiger partial charge >= 0.3 is 0 Å². The van der Waals surface area contributed by atoms with Crippen LogP contribution in [0.3, 0.4) is 0 Å². The number of hydrogen-bond donors (Lipinski definition) is 0. The highest BCUT2D eigenvalue weighted by Gasteiger charge is 2.19. The molecule has 3 heteroatoms. The molecule has 28 heavy (non-hydrogen) atoms. The monoisotopic (exact) mass is 379 g/mol. The van der Waals surface area contributed by atoms with Gasteiger partial charge in [0.05, 0.1) is 12.7 Å². The number of ether oxygens (including phenoxy) is 2. The summed E-state index contributed by atoms with van der Waals surface area (Å²) < 4.78 is 11.9. The van der Waals surface area contributed by atoms with E-state index < -0.39 is 0 Å². The van der Waals surface area contributed by atoms with Gasteiger partial charge in [-0.15, -0.1) is 0 Å². The molecule has 1 fully saturated rings. The first-order chi connectivity index (χ1) is 13.8. The number of benzene rings is 2. The molecule has 2 aromatic carbocycles. The Morgan fingerprint density at radius 1 is 1.00 bits per heavy atom. The maximum absolute atomic E-state index is 6.08. The smallest absolute Gasteiger partial charge is 0.126 e. The Kier molecular flexibility index (Phi) is 8.60. The highest BCUT2D eigenvalue weighted by molar-refractivity contribution is 5.72. The van der Waals surface area contributed by atoms with E-state index in [9.17, 15) is 0 Å². The molecular formula is C25H33NO2. The van der Waals surface area contributed by atoms with Crippen molar-refractivity contribution in [3.05, 3.63) is 65.7 Å². The molecule has 2 aromatic rings. The Labute approximate surface area is 170 Å². The maximum Gasteiger partial charge on any atom is 0.126 e. The molecule has 1 atom stereocenters. The van der Waals surface area contributed by atoms with Gasteiger partial charge < -0.3 is 14.4 Å².